The van der Waals surface area contributed by atoms with E-state index in [4.69, 9.17) is 4.52 Å². The molecule has 132 valence electrons. The Labute approximate surface area is 148 Å². The zero-order chi connectivity index (χ0) is 17.9. The van der Waals surface area contributed by atoms with Gasteiger partial charge in [0.15, 0.2) is 0 Å². The number of hydrogen-bond donors (Lipinski definition) is 0. The summed E-state index contributed by atoms with van der Waals surface area (Å²) >= 11 is 0. The Morgan fingerprint density at radius 1 is 1.19 bits per heavy atom. The molecule has 7 nitrogen and oxygen atoms in total. The molecule has 1 aliphatic heterocycles. The minimum atomic E-state index is -0.328. The summed E-state index contributed by atoms with van der Waals surface area (Å²) in [4.78, 5) is 27.0. The molecule has 8 heteroatoms. The molecule has 3 aromatic rings. The monoisotopic (exact) mass is 353 g/mol. The topological polar surface area (TPSA) is 85.0 Å². The minimum absolute atomic E-state index is 0.204. The normalized spacial score (nSPS) is 17.3. The number of piperidine rings is 1. The van der Waals surface area contributed by atoms with Crippen LogP contribution < -0.4 is 0 Å². The number of nitrogens with zero attached hydrogens (tertiary/aromatic N) is 5. The van der Waals surface area contributed by atoms with Crippen LogP contribution in [0.3, 0.4) is 0 Å². The molecule has 0 spiro atoms. The lowest BCUT2D eigenvalue weighted by Crippen LogP contribution is -2.39. The van der Waals surface area contributed by atoms with Gasteiger partial charge in [0.05, 0.1) is 6.20 Å². The molecule has 1 amide bonds. The lowest BCUT2D eigenvalue weighted by Gasteiger charge is -2.33. The van der Waals surface area contributed by atoms with Crippen molar-refractivity contribution in [3.8, 4) is 11.4 Å². The van der Waals surface area contributed by atoms with Crippen molar-refractivity contribution in [1.29, 1.82) is 0 Å². The molecule has 1 fully saturated rings. The van der Waals surface area contributed by atoms with Gasteiger partial charge in [0.1, 0.15) is 17.6 Å². The highest BCUT2D eigenvalue weighted by Gasteiger charge is 2.33. The summed E-state index contributed by atoms with van der Waals surface area (Å²) in [5, 5.41) is 3.98. The highest BCUT2D eigenvalue weighted by atomic mass is 19.1. The first kappa shape index (κ1) is 16.3. The van der Waals surface area contributed by atoms with Gasteiger partial charge in [-0.25, -0.2) is 9.37 Å². The van der Waals surface area contributed by atoms with E-state index >= 15 is 0 Å². The van der Waals surface area contributed by atoms with Crippen molar-refractivity contribution in [2.45, 2.75) is 25.3 Å². The number of hydrogen-bond acceptors (Lipinski definition) is 6. The Bertz CT molecular complexity index is 897. The molecular weight excluding hydrogens is 337 g/mol. The number of likely N-dealkylation sites (tertiary alicyclic amines) is 1. The largest absolute Gasteiger partial charge is 0.337 e. The van der Waals surface area contributed by atoms with Crippen LogP contribution in [0.1, 0.15) is 41.7 Å². The van der Waals surface area contributed by atoms with E-state index in [9.17, 15) is 9.18 Å². The summed E-state index contributed by atoms with van der Waals surface area (Å²) in [6, 6.07) is 5.56. The molecule has 0 aliphatic carbocycles. The van der Waals surface area contributed by atoms with Crippen molar-refractivity contribution < 1.29 is 13.7 Å². The van der Waals surface area contributed by atoms with Gasteiger partial charge in [-0.05, 0) is 43.5 Å². The van der Waals surface area contributed by atoms with Crippen LogP contribution in [0.4, 0.5) is 4.39 Å². The van der Waals surface area contributed by atoms with Crippen molar-refractivity contribution in [2.24, 2.45) is 0 Å². The number of benzene rings is 1. The fourth-order valence-corrected chi connectivity index (χ4v) is 3.07. The van der Waals surface area contributed by atoms with Gasteiger partial charge in [-0.2, -0.15) is 4.98 Å². The molecule has 0 N–H and O–H groups in total. The van der Waals surface area contributed by atoms with E-state index in [0.717, 1.165) is 19.3 Å². The van der Waals surface area contributed by atoms with Crippen LogP contribution in [-0.4, -0.2) is 37.5 Å². The van der Waals surface area contributed by atoms with Crippen LogP contribution in [0.2, 0.25) is 0 Å². The van der Waals surface area contributed by atoms with Gasteiger partial charge in [0.25, 0.3) is 5.91 Å². The highest BCUT2D eigenvalue weighted by molar-refractivity contribution is 5.92. The van der Waals surface area contributed by atoms with E-state index in [1.54, 1.807) is 17.0 Å². The van der Waals surface area contributed by atoms with Gasteiger partial charge in [-0.15, -0.1) is 0 Å². The van der Waals surface area contributed by atoms with Gasteiger partial charge in [0.2, 0.25) is 11.7 Å². The molecule has 1 aromatic carbocycles. The molecule has 1 aliphatic rings. The Balaban J connectivity index is 1.61. The number of amides is 1. The van der Waals surface area contributed by atoms with Gasteiger partial charge in [-0.3, -0.25) is 9.78 Å². The smallest absolute Gasteiger partial charge is 0.274 e. The van der Waals surface area contributed by atoms with Gasteiger partial charge < -0.3 is 9.42 Å². The van der Waals surface area contributed by atoms with E-state index in [2.05, 4.69) is 20.1 Å². The maximum Gasteiger partial charge on any atom is 0.274 e. The summed E-state index contributed by atoms with van der Waals surface area (Å²) in [7, 11) is 0. The predicted octanol–water partition coefficient (Wildman–Crippen LogP) is 3.03. The molecule has 0 saturated carbocycles. The van der Waals surface area contributed by atoms with Crippen molar-refractivity contribution in [3.05, 3.63) is 60.3 Å². The third-order valence-corrected chi connectivity index (χ3v) is 4.38. The summed E-state index contributed by atoms with van der Waals surface area (Å²) < 4.78 is 18.5. The summed E-state index contributed by atoms with van der Waals surface area (Å²) in [5.74, 6) is 0.216. The van der Waals surface area contributed by atoms with Gasteiger partial charge >= 0.3 is 0 Å². The molecule has 1 atom stereocenters. The van der Waals surface area contributed by atoms with Crippen molar-refractivity contribution >= 4 is 5.91 Å². The summed E-state index contributed by atoms with van der Waals surface area (Å²) in [6.07, 6.45) is 7.07. The first-order chi connectivity index (χ1) is 12.7. The lowest BCUT2D eigenvalue weighted by molar-refractivity contribution is 0.0555. The molecule has 0 radical (unpaired) electrons. The fraction of sp³-hybridized carbons (Fsp3) is 0.278. The molecule has 4 rings (SSSR count). The fourth-order valence-electron chi connectivity index (χ4n) is 3.07. The third kappa shape index (κ3) is 3.17. The van der Waals surface area contributed by atoms with Crippen molar-refractivity contribution in [3.63, 3.8) is 0 Å². The number of rotatable bonds is 3. The molecular formula is C18H16FN5O2. The van der Waals surface area contributed by atoms with Crippen LogP contribution in [0.15, 0.2) is 47.4 Å². The first-order valence-corrected chi connectivity index (χ1v) is 8.39. The van der Waals surface area contributed by atoms with E-state index in [1.807, 2.05) is 0 Å². The predicted molar refractivity (Wildman–Crippen MR) is 89.4 cm³/mol. The van der Waals surface area contributed by atoms with Crippen LogP contribution in [0.25, 0.3) is 11.4 Å². The first-order valence-electron chi connectivity index (χ1n) is 8.39. The van der Waals surface area contributed by atoms with Crippen molar-refractivity contribution in [1.82, 2.24) is 25.0 Å². The Hall–Kier alpha value is -3.16. The van der Waals surface area contributed by atoms with E-state index < -0.39 is 0 Å². The average Bonchev–Trinajstić information content (AvgIpc) is 3.19. The lowest BCUT2D eigenvalue weighted by atomic mass is 10.0. The van der Waals surface area contributed by atoms with Crippen LogP contribution >= 0.6 is 0 Å². The second-order valence-electron chi connectivity index (χ2n) is 6.06. The summed E-state index contributed by atoms with van der Waals surface area (Å²) in [5.41, 5.74) is 0.946. The maximum absolute atomic E-state index is 13.1. The molecule has 3 heterocycles. The van der Waals surface area contributed by atoms with Gasteiger partial charge in [0, 0.05) is 24.5 Å². The van der Waals surface area contributed by atoms with E-state index in [0.29, 0.717) is 23.8 Å². The second-order valence-corrected chi connectivity index (χ2v) is 6.06. The van der Waals surface area contributed by atoms with Crippen LogP contribution in [-0.2, 0) is 0 Å². The van der Waals surface area contributed by atoms with Gasteiger partial charge in [-0.1, -0.05) is 5.16 Å². The summed E-state index contributed by atoms with van der Waals surface area (Å²) in [6.45, 7) is 0.592. The molecule has 26 heavy (non-hydrogen) atoms. The standard InChI is InChI=1S/C18H16FN5O2/c19-13-6-4-12(5-7-13)16-22-17(26-23-16)15-3-1-2-10-24(15)18(25)14-11-20-8-9-21-14/h4-9,11,15H,1-3,10H2/t15-/m0/s1. The van der Waals surface area contributed by atoms with E-state index in [-0.39, 0.29) is 23.5 Å². The second kappa shape index (κ2) is 6.99. The Morgan fingerprint density at radius 2 is 2.04 bits per heavy atom. The molecule has 1 saturated heterocycles. The Kier molecular flexibility index (Phi) is 4.39. The Morgan fingerprint density at radius 3 is 2.81 bits per heavy atom. The zero-order valence-electron chi connectivity index (χ0n) is 13.9. The van der Waals surface area contributed by atoms with Crippen molar-refractivity contribution in [2.75, 3.05) is 6.54 Å². The number of carbonyl (C=O) groups is 1. The third-order valence-electron chi connectivity index (χ3n) is 4.38. The molecule has 2 aromatic heterocycles. The average molecular weight is 353 g/mol. The van der Waals surface area contributed by atoms with E-state index in [1.165, 1.54) is 30.7 Å². The molecule has 0 unspecified atom stereocenters. The van der Waals surface area contributed by atoms with Crippen LogP contribution in [0.5, 0.6) is 0 Å². The molecule has 0 bridgehead atoms. The number of aromatic nitrogens is 4. The SMILES string of the molecule is O=C(c1cnccn1)N1CCCC[C@H]1c1nc(-c2ccc(F)cc2)no1. The maximum atomic E-state index is 13.1. The number of halogens is 1. The quantitative estimate of drug-likeness (QED) is 0.719. The van der Waals surface area contributed by atoms with Crippen LogP contribution in [0, 0.1) is 5.82 Å². The highest BCUT2D eigenvalue weighted by Crippen LogP contribution is 2.32. The number of carbonyl (C=O) groups excluding carboxylic acids is 1. The zero-order valence-corrected chi connectivity index (χ0v) is 13.9. The minimum Gasteiger partial charge on any atom is -0.337 e.